The molecule has 92 valence electrons. The van der Waals surface area contributed by atoms with Crippen LogP contribution in [0.1, 0.15) is 60.8 Å². The minimum absolute atomic E-state index is 0.151. The Bertz CT molecular complexity index is 288. The van der Waals surface area contributed by atoms with E-state index in [9.17, 15) is 4.79 Å². The highest BCUT2D eigenvalue weighted by Crippen LogP contribution is 2.28. The Morgan fingerprint density at radius 3 is 1.94 bits per heavy atom. The van der Waals surface area contributed by atoms with Crippen LogP contribution in [0.5, 0.6) is 0 Å². The smallest absolute Gasteiger partial charge is 0.313 e. The fourth-order valence-corrected chi connectivity index (χ4v) is 1.28. The largest absolute Gasteiger partial charge is 0.445 e. The molecule has 0 fully saturated rings. The van der Waals surface area contributed by atoms with Crippen molar-refractivity contribution in [1.29, 1.82) is 0 Å². The van der Waals surface area contributed by atoms with Crippen LogP contribution in [-0.4, -0.2) is 11.6 Å². The third-order valence-electron chi connectivity index (χ3n) is 3.22. The molecule has 16 heavy (non-hydrogen) atoms. The standard InChI is InChI=1S/C14H24O2/c1-7-11-14(9-3,10-4)16-12(15)13(5,6)8-2/h8-10H2,1-6H3. The molecule has 0 aliphatic heterocycles. The molecule has 2 nitrogen and oxygen atoms in total. The predicted molar refractivity (Wildman–Crippen MR) is 66.9 cm³/mol. The van der Waals surface area contributed by atoms with Crippen molar-refractivity contribution in [3.8, 4) is 11.8 Å². The van der Waals surface area contributed by atoms with Crippen molar-refractivity contribution in [2.45, 2.75) is 66.4 Å². The van der Waals surface area contributed by atoms with Crippen molar-refractivity contribution in [3.63, 3.8) is 0 Å². The third-order valence-corrected chi connectivity index (χ3v) is 3.22. The number of carbonyl (C=O) groups is 1. The van der Waals surface area contributed by atoms with E-state index in [4.69, 9.17) is 4.74 Å². The first-order chi connectivity index (χ1) is 7.37. The summed E-state index contributed by atoms with van der Waals surface area (Å²) >= 11 is 0. The third kappa shape index (κ3) is 3.56. The number of carbonyl (C=O) groups excluding carboxylic acids is 1. The molecule has 0 atom stereocenters. The Kier molecular flexibility index (Phi) is 5.58. The average Bonchev–Trinajstić information content (AvgIpc) is 2.28. The van der Waals surface area contributed by atoms with Crippen molar-refractivity contribution in [2.75, 3.05) is 0 Å². The minimum Gasteiger partial charge on any atom is -0.445 e. The summed E-state index contributed by atoms with van der Waals surface area (Å²) in [4.78, 5) is 12.0. The normalized spacial score (nSPS) is 11.6. The van der Waals surface area contributed by atoms with Crippen LogP contribution in [0, 0.1) is 17.3 Å². The molecule has 0 saturated heterocycles. The molecule has 0 unspecified atom stereocenters. The summed E-state index contributed by atoms with van der Waals surface area (Å²) in [6, 6.07) is 0. The van der Waals surface area contributed by atoms with Crippen LogP contribution in [0.15, 0.2) is 0 Å². The molecule has 0 bridgehead atoms. The van der Waals surface area contributed by atoms with Crippen LogP contribution in [0.2, 0.25) is 0 Å². The van der Waals surface area contributed by atoms with Gasteiger partial charge in [-0.2, -0.15) is 0 Å². The van der Waals surface area contributed by atoms with Gasteiger partial charge in [0.05, 0.1) is 5.41 Å². The molecule has 2 heteroatoms. The summed E-state index contributed by atoms with van der Waals surface area (Å²) in [5, 5.41) is 0. The molecule has 0 spiro atoms. The topological polar surface area (TPSA) is 26.3 Å². The second-order valence-corrected chi connectivity index (χ2v) is 4.70. The van der Waals surface area contributed by atoms with Gasteiger partial charge in [0.15, 0.2) is 5.60 Å². The van der Waals surface area contributed by atoms with Crippen molar-refractivity contribution < 1.29 is 9.53 Å². The molecular weight excluding hydrogens is 200 g/mol. The van der Waals surface area contributed by atoms with Crippen LogP contribution in [-0.2, 0) is 9.53 Å². The molecule has 0 saturated carbocycles. The first-order valence-electron chi connectivity index (χ1n) is 6.04. The Balaban J connectivity index is 4.89. The van der Waals surface area contributed by atoms with Gasteiger partial charge in [-0.3, -0.25) is 4.79 Å². The predicted octanol–water partition coefficient (Wildman–Crippen LogP) is 3.55. The van der Waals surface area contributed by atoms with Gasteiger partial charge in [0.1, 0.15) is 0 Å². The lowest BCUT2D eigenvalue weighted by atomic mass is 9.89. The van der Waals surface area contributed by atoms with Gasteiger partial charge in [0, 0.05) is 0 Å². The molecule has 0 aromatic rings. The van der Waals surface area contributed by atoms with E-state index in [1.807, 2.05) is 34.6 Å². The van der Waals surface area contributed by atoms with E-state index in [0.29, 0.717) is 0 Å². The van der Waals surface area contributed by atoms with Gasteiger partial charge in [-0.05, 0) is 40.0 Å². The summed E-state index contributed by atoms with van der Waals surface area (Å²) in [5.74, 6) is 5.74. The SMILES string of the molecule is CC#CC(CC)(CC)OC(=O)C(C)(C)CC. The molecular formula is C14H24O2. The Hall–Kier alpha value is -0.970. The zero-order chi connectivity index (χ0) is 12.8. The molecule has 0 aliphatic rings. The van der Waals surface area contributed by atoms with Crippen molar-refractivity contribution in [3.05, 3.63) is 0 Å². The second-order valence-electron chi connectivity index (χ2n) is 4.70. The molecule has 0 aromatic heterocycles. The highest BCUT2D eigenvalue weighted by atomic mass is 16.6. The van der Waals surface area contributed by atoms with E-state index in [2.05, 4.69) is 11.8 Å². The minimum atomic E-state index is -0.599. The van der Waals surface area contributed by atoms with Crippen molar-refractivity contribution >= 4 is 5.97 Å². The lowest BCUT2D eigenvalue weighted by Crippen LogP contribution is -2.38. The molecule has 0 radical (unpaired) electrons. The van der Waals surface area contributed by atoms with E-state index in [1.54, 1.807) is 6.92 Å². The average molecular weight is 224 g/mol. The highest BCUT2D eigenvalue weighted by molar-refractivity contribution is 5.76. The van der Waals surface area contributed by atoms with E-state index in [0.717, 1.165) is 19.3 Å². The summed E-state index contributed by atoms with van der Waals surface area (Å²) in [7, 11) is 0. The van der Waals surface area contributed by atoms with Crippen molar-refractivity contribution in [2.24, 2.45) is 5.41 Å². The van der Waals surface area contributed by atoms with Gasteiger partial charge < -0.3 is 4.74 Å². The van der Waals surface area contributed by atoms with E-state index >= 15 is 0 Å². The van der Waals surface area contributed by atoms with Gasteiger partial charge in [-0.1, -0.05) is 26.7 Å². The number of hydrogen-bond donors (Lipinski definition) is 0. The zero-order valence-corrected chi connectivity index (χ0v) is 11.4. The summed E-state index contributed by atoms with van der Waals surface area (Å²) < 4.78 is 5.62. The summed E-state index contributed by atoms with van der Waals surface area (Å²) in [6.45, 7) is 11.6. The molecule has 0 rings (SSSR count). The lowest BCUT2D eigenvalue weighted by molar-refractivity contribution is -0.165. The summed E-state index contributed by atoms with van der Waals surface area (Å²) in [5.41, 5.74) is -1.02. The van der Waals surface area contributed by atoms with Gasteiger partial charge in [0.2, 0.25) is 0 Å². The first-order valence-corrected chi connectivity index (χ1v) is 6.04. The maximum atomic E-state index is 12.0. The maximum absolute atomic E-state index is 12.0. The Morgan fingerprint density at radius 2 is 1.62 bits per heavy atom. The van der Waals surface area contributed by atoms with Crippen LogP contribution < -0.4 is 0 Å². The van der Waals surface area contributed by atoms with Gasteiger partial charge in [-0.15, -0.1) is 5.92 Å². The van der Waals surface area contributed by atoms with E-state index in [-0.39, 0.29) is 5.97 Å². The first kappa shape index (κ1) is 15.0. The summed E-state index contributed by atoms with van der Waals surface area (Å²) in [6.07, 6.45) is 2.24. The Morgan fingerprint density at radius 1 is 1.12 bits per heavy atom. The van der Waals surface area contributed by atoms with Crippen molar-refractivity contribution in [1.82, 2.24) is 0 Å². The second kappa shape index (κ2) is 5.94. The van der Waals surface area contributed by atoms with E-state index < -0.39 is 11.0 Å². The van der Waals surface area contributed by atoms with Crippen LogP contribution >= 0.6 is 0 Å². The molecule has 0 N–H and O–H groups in total. The highest BCUT2D eigenvalue weighted by Gasteiger charge is 2.35. The number of esters is 1. The van der Waals surface area contributed by atoms with Gasteiger partial charge >= 0.3 is 5.97 Å². The Labute approximate surface area is 99.8 Å². The zero-order valence-electron chi connectivity index (χ0n) is 11.4. The van der Waals surface area contributed by atoms with E-state index in [1.165, 1.54) is 0 Å². The van der Waals surface area contributed by atoms with Crippen LogP contribution in [0.3, 0.4) is 0 Å². The molecule has 0 aromatic carbocycles. The lowest BCUT2D eigenvalue weighted by Gasteiger charge is -2.30. The number of rotatable bonds is 5. The molecule has 0 heterocycles. The van der Waals surface area contributed by atoms with Gasteiger partial charge in [-0.25, -0.2) is 0 Å². The monoisotopic (exact) mass is 224 g/mol. The fourth-order valence-electron chi connectivity index (χ4n) is 1.28. The van der Waals surface area contributed by atoms with Gasteiger partial charge in [0.25, 0.3) is 0 Å². The van der Waals surface area contributed by atoms with Crippen LogP contribution in [0.25, 0.3) is 0 Å². The number of hydrogen-bond acceptors (Lipinski definition) is 2. The fraction of sp³-hybridized carbons (Fsp3) is 0.786. The molecule has 0 aliphatic carbocycles. The molecule has 0 amide bonds. The van der Waals surface area contributed by atoms with Crippen LogP contribution in [0.4, 0.5) is 0 Å². The quantitative estimate of drug-likeness (QED) is 0.527. The maximum Gasteiger partial charge on any atom is 0.313 e. The number of ether oxygens (including phenoxy) is 1.